The van der Waals surface area contributed by atoms with Crippen molar-refractivity contribution in [2.75, 3.05) is 11.9 Å². The molecule has 0 unspecified atom stereocenters. The molecule has 3 aromatic rings. The molecule has 0 saturated heterocycles. The van der Waals surface area contributed by atoms with E-state index in [-0.39, 0.29) is 13.2 Å². The van der Waals surface area contributed by atoms with Crippen molar-refractivity contribution < 1.29 is 14.3 Å². The fourth-order valence-electron chi connectivity index (χ4n) is 2.55. The molecule has 0 aliphatic heterocycles. The second-order valence-corrected chi connectivity index (χ2v) is 7.27. The van der Waals surface area contributed by atoms with Crippen LogP contribution in [-0.4, -0.2) is 17.6 Å². The Morgan fingerprint density at radius 3 is 2.44 bits per heavy atom. The number of rotatable bonds is 7. The molecule has 5 nitrogen and oxygen atoms in total. The van der Waals surface area contributed by atoms with Crippen LogP contribution in [0.4, 0.5) is 10.8 Å². The average Bonchev–Trinajstić information content (AvgIpc) is 3.07. The molecule has 0 fully saturated rings. The number of esters is 1. The van der Waals surface area contributed by atoms with Crippen molar-refractivity contribution in [1.29, 1.82) is 0 Å². The third-order valence-corrected chi connectivity index (χ3v) is 4.59. The summed E-state index contributed by atoms with van der Waals surface area (Å²) in [5.74, 6) is 0.248. The van der Waals surface area contributed by atoms with E-state index in [1.807, 2.05) is 62.5 Å². The molecule has 0 aliphatic carbocycles. The first-order valence-corrected chi connectivity index (χ1v) is 9.51. The zero-order valence-corrected chi connectivity index (χ0v) is 16.4. The van der Waals surface area contributed by atoms with Crippen molar-refractivity contribution in [3.05, 3.63) is 70.2 Å². The molecule has 27 heavy (non-hydrogen) atoms. The molecule has 0 radical (unpaired) electrons. The molecule has 1 aromatic heterocycles. The number of carbonyl (C=O) groups is 1. The van der Waals surface area contributed by atoms with E-state index in [2.05, 4.69) is 16.4 Å². The Hall–Kier alpha value is -2.86. The van der Waals surface area contributed by atoms with Gasteiger partial charge in [-0.15, -0.1) is 11.3 Å². The predicted octanol–water partition coefficient (Wildman–Crippen LogP) is 4.93. The lowest BCUT2D eigenvalue weighted by Crippen LogP contribution is -2.15. The molecule has 140 valence electrons. The van der Waals surface area contributed by atoms with Crippen LogP contribution in [-0.2, 0) is 16.1 Å². The van der Waals surface area contributed by atoms with Gasteiger partial charge in [0, 0.05) is 11.1 Å². The summed E-state index contributed by atoms with van der Waals surface area (Å²) in [6, 6.07) is 13.9. The standard InChI is InChI=1S/C21H22N2O3S/c1-14-4-6-17(7-5-14)22-21-23-18(13-27-21)11-26-20(24)12-25-19-9-15(2)8-16(3)10-19/h4-10,13H,11-12H2,1-3H3,(H,22,23). The summed E-state index contributed by atoms with van der Waals surface area (Å²) >= 11 is 1.47. The van der Waals surface area contributed by atoms with Gasteiger partial charge in [-0.05, 0) is 56.2 Å². The summed E-state index contributed by atoms with van der Waals surface area (Å²) in [5, 5.41) is 5.87. The molecule has 2 aromatic carbocycles. The number of carbonyl (C=O) groups excluding carboxylic acids is 1. The summed E-state index contributed by atoms with van der Waals surface area (Å²) in [5.41, 5.74) is 5.06. The van der Waals surface area contributed by atoms with Gasteiger partial charge in [0.15, 0.2) is 11.7 Å². The maximum Gasteiger partial charge on any atom is 0.344 e. The van der Waals surface area contributed by atoms with Gasteiger partial charge in [-0.25, -0.2) is 9.78 Å². The molecule has 0 aliphatic rings. The van der Waals surface area contributed by atoms with Gasteiger partial charge in [0.25, 0.3) is 0 Å². The van der Waals surface area contributed by atoms with Crippen LogP contribution in [0.5, 0.6) is 5.75 Å². The maximum absolute atomic E-state index is 11.9. The largest absolute Gasteiger partial charge is 0.482 e. The van der Waals surface area contributed by atoms with Crippen LogP contribution >= 0.6 is 11.3 Å². The van der Waals surface area contributed by atoms with Gasteiger partial charge in [0.1, 0.15) is 12.4 Å². The summed E-state index contributed by atoms with van der Waals surface area (Å²) in [7, 11) is 0. The van der Waals surface area contributed by atoms with Crippen molar-refractivity contribution >= 4 is 28.1 Å². The van der Waals surface area contributed by atoms with Crippen LogP contribution in [0.15, 0.2) is 47.8 Å². The van der Waals surface area contributed by atoms with Gasteiger partial charge in [-0.3, -0.25) is 0 Å². The quantitative estimate of drug-likeness (QED) is 0.587. The maximum atomic E-state index is 11.9. The number of hydrogen-bond donors (Lipinski definition) is 1. The van der Waals surface area contributed by atoms with Crippen molar-refractivity contribution in [1.82, 2.24) is 4.98 Å². The van der Waals surface area contributed by atoms with E-state index in [1.165, 1.54) is 16.9 Å². The smallest absolute Gasteiger partial charge is 0.344 e. The fraction of sp³-hybridized carbons (Fsp3) is 0.238. The van der Waals surface area contributed by atoms with E-state index < -0.39 is 5.97 Å². The third kappa shape index (κ3) is 5.82. The Morgan fingerprint density at radius 2 is 1.74 bits per heavy atom. The van der Waals surface area contributed by atoms with Crippen LogP contribution in [0.3, 0.4) is 0 Å². The monoisotopic (exact) mass is 382 g/mol. The van der Waals surface area contributed by atoms with E-state index in [4.69, 9.17) is 9.47 Å². The van der Waals surface area contributed by atoms with Gasteiger partial charge in [-0.1, -0.05) is 23.8 Å². The first-order valence-electron chi connectivity index (χ1n) is 8.63. The fourth-order valence-corrected chi connectivity index (χ4v) is 3.26. The molecular weight excluding hydrogens is 360 g/mol. The Balaban J connectivity index is 1.46. The van der Waals surface area contributed by atoms with Crippen molar-refractivity contribution in [2.45, 2.75) is 27.4 Å². The minimum Gasteiger partial charge on any atom is -0.482 e. The van der Waals surface area contributed by atoms with Crippen LogP contribution in [0.2, 0.25) is 0 Å². The normalized spacial score (nSPS) is 10.5. The number of anilines is 2. The zero-order valence-electron chi connectivity index (χ0n) is 15.6. The van der Waals surface area contributed by atoms with Crippen molar-refractivity contribution in [3.8, 4) is 5.75 Å². The predicted molar refractivity (Wildman–Crippen MR) is 108 cm³/mol. The van der Waals surface area contributed by atoms with Crippen LogP contribution in [0.25, 0.3) is 0 Å². The highest BCUT2D eigenvalue weighted by Crippen LogP contribution is 2.21. The summed E-state index contributed by atoms with van der Waals surface area (Å²) in [6.07, 6.45) is 0. The molecule has 1 heterocycles. The second kappa shape index (κ2) is 8.68. The Kier molecular flexibility index (Phi) is 6.08. The average molecular weight is 382 g/mol. The van der Waals surface area contributed by atoms with Crippen molar-refractivity contribution in [3.63, 3.8) is 0 Å². The molecule has 0 atom stereocenters. The molecule has 6 heteroatoms. The van der Waals surface area contributed by atoms with E-state index in [0.29, 0.717) is 11.4 Å². The zero-order chi connectivity index (χ0) is 19.2. The van der Waals surface area contributed by atoms with Gasteiger partial charge in [0.2, 0.25) is 0 Å². The number of nitrogens with zero attached hydrogens (tertiary/aromatic N) is 1. The Morgan fingerprint density at radius 1 is 1.04 bits per heavy atom. The molecular formula is C21H22N2O3S. The number of aryl methyl sites for hydroxylation is 3. The van der Waals surface area contributed by atoms with Gasteiger partial charge in [0.05, 0.1) is 5.69 Å². The number of ether oxygens (including phenoxy) is 2. The number of thiazole rings is 1. The SMILES string of the molecule is Cc1ccc(Nc2nc(COC(=O)COc3cc(C)cc(C)c3)cs2)cc1. The lowest BCUT2D eigenvalue weighted by atomic mass is 10.1. The first-order chi connectivity index (χ1) is 13.0. The first kappa shape index (κ1) is 18.9. The number of nitrogens with one attached hydrogen (secondary N) is 1. The van der Waals surface area contributed by atoms with Crippen molar-refractivity contribution in [2.24, 2.45) is 0 Å². The number of aromatic nitrogens is 1. The highest BCUT2D eigenvalue weighted by atomic mass is 32.1. The third-order valence-electron chi connectivity index (χ3n) is 3.79. The lowest BCUT2D eigenvalue weighted by molar-refractivity contribution is -0.147. The molecule has 1 N–H and O–H groups in total. The lowest BCUT2D eigenvalue weighted by Gasteiger charge is -2.08. The highest BCUT2D eigenvalue weighted by molar-refractivity contribution is 7.13. The molecule has 0 bridgehead atoms. The molecule has 0 spiro atoms. The van der Waals surface area contributed by atoms with Crippen LogP contribution in [0.1, 0.15) is 22.4 Å². The summed E-state index contributed by atoms with van der Waals surface area (Å²) in [4.78, 5) is 16.3. The Labute approximate surface area is 163 Å². The molecule has 3 rings (SSSR count). The summed E-state index contributed by atoms with van der Waals surface area (Å²) < 4.78 is 10.7. The topological polar surface area (TPSA) is 60.5 Å². The minimum absolute atomic E-state index is 0.124. The highest BCUT2D eigenvalue weighted by Gasteiger charge is 2.08. The van der Waals surface area contributed by atoms with Gasteiger partial charge in [-0.2, -0.15) is 0 Å². The second-order valence-electron chi connectivity index (χ2n) is 6.41. The van der Waals surface area contributed by atoms with Crippen LogP contribution in [0, 0.1) is 20.8 Å². The molecule has 0 saturated carbocycles. The Bertz CT molecular complexity index is 899. The minimum atomic E-state index is -0.421. The number of benzene rings is 2. The summed E-state index contributed by atoms with van der Waals surface area (Å²) in [6.45, 7) is 6.03. The van der Waals surface area contributed by atoms with E-state index >= 15 is 0 Å². The van der Waals surface area contributed by atoms with E-state index in [1.54, 1.807) is 0 Å². The van der Waals surface area contributed by atoms with Gasteiger partial charge < -0.3 is 14.8 Å². The van der Waals surface area contributed by atoms with Gasteiger partial charge >= 0.3 is 5.97 Å². The van der Waals surface area contributed by atoms with E-state index in [0.717, 1.165) is 21.9 Å². The molecule has 0 amide bonds. The number of hydrogen-bond acceptors (Lipinski definition) is 6. The van der Waals surface area contributed by atoms with Crippen LogP contribution < -0.4 is 10.1 Å². The van der Waals surface area contributed by atoms with E-state index in [9.17, 15) is 4.79 Å².